The molecule has 0 radical (unpaired) electrons. The minimum absolute atomic E-state index is 0.0197. The molecule has 0 spiro atoms. The molecule has 0 saturated carbocycles. The number of carbonyl (C=O) groups excluding carboxylic acids is 1. The quantitative estimate of drug-likeness (QED) is 0.0289. The zero-order valence-corrected chi connectivity index (χ0v) is 82.3. The second kappa shape index (κ2) is 43.3. The minimum Gasteiger partial charge on any atom is -0.476 e. The first kappa shape index (κ1) is 117. The standard InChI is InChI=1S/C15H21FN4O5.C13H17FN4O5.C13H17N3O4.C12H18ClN3O4.C12H18FN3O4.C12H19N3O4.C12H18N2O5/c1-4-24-11-9-10(18-8(2)19-11)20(7-17-9)13-14(3,23)12(22)15(5-16,6-21)25-13;1-6-16-8-7(9(20)17-6)15-5-18(8)11-12(2,22)10(21)13(3-14,4-19)23-11;1-4-13(7-17)10(18)12(3,19)11(20-13)16-6-5-9(14)15-8(16)2;2*1-7-15-8(14)3-4-16(7)10-11(2,19)9(18)12(5-13,6-17)20-10;1-7-14-8(13)4-5-15(7)10-12(3,18)9(17)11(2,6-16)19-10;1-7-13-8(16)4-5-14(7)10-12(3,18)9(17)11(2,6-15)19-10/h7,12-13,21-23H,4-6H2,1-3H3;5,10-11,19,21-22H,3-4H2,1-2H3,(H,16,17,20);1,5-6,10-11,17-19H,2,7H2,3H3,(H2,14,15);2*3-4,9-10,17-19H,1,5-6H2,2H3,(H2,14,15);4-5,9-10,16-18H,1,6H2,2-3H3,(H2,13,14);4-5,9-10,15,17-18H,1,6H2,2-3H3,(H,13,16)/t12-,13+,14+,15+;2*10-,11+,12+,13+;2*9-,10+,11+,12+;2*9-,10-,11-,12-/m0000011/s1. The van der Waals surface area contributed by atoms with Gasteiger partial charge in [-0.25, -0.2) is 53.1 Å². The monoisotopic (exact) mass is 2090 g/mol. The Morgan fingerprint density at radius 2 is 0.753 bits per heavy atom. The van der Waals surface area contributed by atoms with Crippen LogP contribution in [0.15, 0.2) is 161 Å². The summed E-state index contributed by atoms with van der Waals surface area (Å²) >= 11 is 5.79. The summed E-state index contributed by atoms with van der Waals surface area (Å²) in [5.41, 5.74) is -1.24. The lowest BCUT2D eigenvalue weighted by Gasteiger charge is -2.37. The van der Waals surface area contributed by atoms with Gasteiger partial charge in [0.1, 0.15) is 183 Å². The van der Waals surface area contributed by atoms with Crippen LogP contribution >= 0.6 is 11.6 Å². The van der Waals surface area contributed by atoms with Gasteiger partial charge in [-0.05, 0) is 107 Å². The van der Waals surface area contributed by atoms with Crippen LogP contribution in [0.25, 0.3) is 22.3 Å². The number of aromatic amines is 1. The number of H-pyrrole nitrogens is 1. The van der Waals surface area contributed by atoms with Crippen LogP contribution in [0, 0.1) is 26.2 Å². The zero-order valence-electron chi connectivity index (χ0n) is 81.6. The van der Waals surface area contributed by atoms with Gasteiger partial charge in [0, 0.05) is 37.1 Å². The van der Waals surface area contributed by atoms with Gasteiger partial charge in [0.05, 0.1) is 71.4 Å². The lowest BCUT2D eigenvalue weighted by Crippen LogP contribution is -2.54. The van der Waals surface area contributed by atoms with Crippen molar-refractivity contribution in [2.75, 3.05) is 78.8 Å². The Labute approximate surface area is 837 Å². The highest BCUT2D eigenvalue weighted by Crippen LogP contribution is 2.51. The first-order valence-electron chi connectivity index (χ1n) is 44.6. The SMILES string of the molecule is C#C[C@]1(CO)O[C@@H](N2C=CC(N)=NC2=C)[C@](C)(O)[C@@H]1O.C=C1N=C(N)C=CN1[C@@H]1O[C@@](CO)(CCl)[C@@H](O)[C@@]1(C)O.C=C1N=C(N)C=CN1[C@@H]1O[C@@](CO)(CF)[C@@H](O)[C@@]1(C)O.C=C1N=C(N)C=CN1[C@@H]1O[C@](C)(CO)[C@@H](O)[C@@]1(C)O.C=C1NC(=O)C=CN1[C@@H]1O[C@](C)(CO)[C@@H](O)[C@@]1(C)O.CCOc1nc(C)nc2c1ncn2[C@@H]1O[C@@](CO)(CF)[C@@H](O)[C@@]1(C)O.Cc1nc2c(ncn2[C@@H]2O[C@@](CO)(CF)[C@@H](O)[C@@]2(C)O)c(=O)[nH]1. The number of aliphatic hydroxyl groups excluding tert-OH is 14. The van der Waals surface area contributed by atoms with E-state index in [2.05, 4.69) is 94.0 Å². The number of amides is 1. The molecule has 0 unspecified atom stereocenters. The number of nitrogens with one attached hydrogen (secondary N) is 2. The Balaban J connectivity index is 0.000000175. The second-order valence-electron chi connectivity index (χ2n) is 37.9. The van der Waals surface area contributed by atoms with E-state index in [1.165, 1.54) is 164 Å². The highest BCUT2D eigenvalue weighted by Gasteiger charge is 2.69. The summed E-state index contributed by atoms with van der Waals surface area (Å²) in [5, 5.41) is 213. The normalized spacial score (nSPS) is 38.9. The van der Waals surface area contributed by atoms with E-state index in [1.54, 1.807) is 27.0 Å². The molecule has 7 fully saturated rings. The average Bonchev–Trinajstić information content (AvgIpc) is 1.56. The fourth-order valence-corrected chi connectivity index (χ4v) is 18.1. The number of amidine groups is 4. The van der Waals surface area contributed by atoms with Crippen molar-refractivity contribution in [3.05, 3.63) is 158 Å². The van der Waals surface area contributed by atoms with E-state index < -0.39 is 237 Å². The van der Waals surface area contributed by atoms with Crippen molar-refractivity contribution >= 4 is 63.2 Å². The molecule has 0 bridgehead atoms. The Bertz CT molecular complexity index is 5820. The van der Waals surface area contributed by atoms with Crippen molar-refractivity contribution < 1.29 is 163 Å². The first-order chi connectivity index (χ1) is 67.8. The molecule has 4 aromatic heterocycles. The van der Waals surface area contributed by atoms with Crippen LogP contribution in [-0.2, 0) is 38.0 Å². The van der Waals surface area contributed by atoms with Gasteiger partial charge >= 0.3 is 0 Å². The second-order valence-corrected chi connectivity index (χ2v) is 38.2. The summed E-state index contributed by atoms with van der Waals surface area (Å²) in [6.07, 6.45) is 4.75. The van der Waals surface area contributed by atoms with E-state index in [0.717, 1.165) is 0 Å². The van der Waals surface area contributed by atoms with E-state index in [-0.39, 0.29) is 69.6 Å². The highest BCUT2D eigenvalue weighted by molar-refractivity contribution is 6.18. The number of terminal acetylenes is 1. The van der Waals surface area contributed by atoms with Crippen molar-refractivity contribution in [2.24, 2.45) is 42.9 Å². The van der Waals surface area contributed by atoms with Crippen LogP contribution in [-0.4, -0.2) is 431 Å². The predicted molar refractivity (Wildman–Crippen MR) is 508 cm³/mol. The summed E-state index contributed by atoms with van der Waals surface area (Å²) in [6, 6.07) is 0. The summed E-state index contributed by atoms with van der Waals surface area (Å²) in [5.74, 6) is 4.94. The highest BCUT2D eigenvalue weighted by atomic mass is 35.5. The van der Waals surface area contributed by atoms with Crippen molar-refractivity contribution in [1.29, 1.82) is 0 Å². The molecule has 16 heterocycles. The molecular weight excluding hydrogens is 1970 g/mol. The fourth-order valence-electron chi connectivity index (χ4n) is 17.8. The Kier molecular flexibility index (Phi) is 34.6. The summed E-state index contributed by atoms with van der Waals surface area (Å²) in [6.45, 7) is 28.4. The van der Waals surface area contributed by atoms with Gasteiger partial charge in [-0.1, -0.05) is 38.8 Å². The number of alkyl halides is 4. The molecule has 16 rings (SSSR count). The number of aromatic nitrogens is 8. The minimum atomic E-state index is -1.96. The number of rotatable bonds is 20. The average molecular weight is 2090 g/mol. The Morgan fingerprint density at radius 1 is 0.438 bits per heavy atom. The van der Waals surface area contributed by atoms with Gasteiger partial charge in [-0.15, -0.1) is 18.0 Å². The molecule has 57 heteroatoms. The van der Waals surface area contributed by atoms with Gasteiger partial charge in [0.2, 0.25) is 5.88 Å². The molecule has 31 N–H and O–H groups in total. The van der Waals surface area contributed by atoms with Gasteiger partial charge in [-0.3, -0.25) is 18.7 Å². The van der Waals surface area contributed by atoms with E-state index in [4.69, 9.17) is 78.9 Å². The van der Waals surface area contributed by atoms with Gasteiger partial charge in [0.25, 0.3) is 11.5 Å². The van der Waals surface area contributed by atoms with Gasteiger partial charge < -0.3 is 203 Å². The maximum Gasteiger partial charge on any atom is 0.279 e. The maximum atomic E-state index is 13.5. The van der Waals surface area contributed by atoms with Crippen molar-refractivity contribution in [1.82, 2.24) is 68.9 Å². The number of aryl methyl sites for hydroxylation is 2. The van der Waals surface area contributed by atoms with Crippen LogP contribution < -0.4 is 38.5 Å². The summed E-state index contributed by atoms with van der Waals surface area (Å²) in [4.78, 5) is 69.1. The Hall–Kier alpha value is -11.0. The van der Waals surface area contributed by atoms with Crippen LogP contribution in [0.2, 0.25) is 0 Å². The van der Waals surface area contributed by atoms with Crippen molar-refractivity contribution in [3.8, 4) is 18.2 Å². The summed E-state index contributed by atoms with van der Waals surface area (Å²) < 4.78 is 86.9. The lowest BCUT2D eigenvalue weighted by molar-refractivity contribution is -0.146. The number of nitrogens with two attached hydrogens (primary N) is 4. The van der Waals surface area contributed by atoms with Gasteiger partial charge in [0.15, 0.2) is 88.3 Å². The van der Waals surface area contributed by atoms with E-state index >= 15 is 0 Å². The van der Waals surface area contributed by atoms with Crippen LogP contribution in [0.1, 0.15) is 93.3 Å². The van der Waals surface area contributed by atoms with Crippen molar-refractivity contribution in [2.45, 2.75) is 248 Å². The number of aliphatic hydroxyl groups is 21. The van der Waals surface area contributed by atoms with Crippen molar-refractivity contribution in [3.63, 3.8) is 0 Å². The number of nitrogens with zero attached hydrogens (tertiary/aromatic N) is 16. The molecule has 12 aliphatic rings. The van der Waals surface area contributed by atoms with Gasteiger partial charge in [-0.2, -0.15) is 4.98 Å². The molecule has 53 nitrogen and oxygen atoms in total. The number of aliphatic imine (C=N–C) groups is 4. The molecule has 28 atom stereocenters. The molecule has 12 aliphatic heterocycles. The number of hydrogen-bond donors (Lipinski definition) is 27. The third kappa shape index (κ3) is 21.0. The molecular formula is C89H128ClF3N22O31. The maximum absolute atomic E-state index is 13.5. The third-order valence-electron chi connectivity index (χ3n) is 26.4. The molecule has 808 valence electrons. The van der Waals surface area contributed by atoms with E-state index in [0.29, 0.717) is 41.1 Å². The Morgan fingerprint density at radius 3 is 1.06 bits per heavy atom. The molecule has 1 amide bonds. The molecule has 0 aliphatic carbocycles. The molecule has 4 aromatic rings. The molecule has 7 saturated heterocycles. The smallest absolute Gasteiger partial charge is 0.279 e. The van der Waals surface area contributed by atoms with Crippen LogP contribution in [0.3, 0.4) is 0 Å². The number of carbonyl (C=O) groups is 1. The number of halogens is 4. The molecule has 0 aromatic carbocycles. The van der Waals surface area contributed by atoms with Crippen LogP contribution in [0.4, 0.5) is 13.2 Å². The zero-order chi connectivity index (χ0) is 110. The number of hydrogen-bond acceptors (Lipinski definition) is 49. The lowest BCUT2D eigenvalue weighted by atomic mass is 9.88. The van der Waals surface area contributed by atoms with E-state index in [9.17, 15) is 130 Å². The predicted octanol–water partition coefficient (Wildman–Crippen LogP) is -7.50. The number of fused-ring (bicyclic) bond motifs is 2. The van der Waals surface area contributed by atoms with Crippen LogP contribution in [0.5, 0.6) is 5.88 Å². The van der Waals surface area contributed by atoms with E-state index in [1.807, 2.05) is 0 Å². The third-order valence-corrected chi connectivity index (χ3v) is 26.9. The summed E-state index contributed by atoms with van der Waals surface area (Å²) in [7, 11) is 0. The fraction of sp³-hybridized carbons (Fsp3) is 0.584. The topological polar surface area (TPSA) is 805 Å². The number of imidazole rings is 2. The molecule has 146 heavy (non-hydrogen) atoms. The number of ether oxygens (including phenoxy) is 8. The largest absolute Gasteiger partial charge is 0.476 e. The first-order valence-corrected chi connectivity index (χ1v) is 45.2.